The molecule has 0 saturated carbocycles. The lowest BCUT2D eigenvalue weighted by molar-refractivity contribution is -0.116. The molecule has 2 aromatic carbocycles. The van der Waals surface area contributed by atoms with E-state index in [9.17, 15) is 17.6 Å². The summed E-state index contributed by atoms with van der Waals surface area (Å²) in [7, 11) is -2.27. The summed E-state index contributed by atoms with van der Waals surface area (Å²) in [5.41, 5.74) is 0.574. The van der Waals surface area contributed by atoms with Crippen LogP contribution in [0.3, 0.4) is 0 Å². The summed E-state index contributed by atoms with van der Waals surface area (Å²) >= 11 is 0. The number of carbonyl (C=O) groups excluding carboxylic acids is 1. The summed E-state index contributed by atoms with van der Waals surface area (Å²) < 4.78 is 43.7. The van der Waals surface area contributed by atoms with Crippen LogP contribution in [0.25, 0.3) is 0 Å². The fraction of sp³-hybridized carbons (Fsp3) is 0.235. The smallest absolute Gasteiger partial charge is 0.247 e. The van der Waals surface area contributed by atoms with E-state index >= 15 is 0 Å². The summed E-state index contributed by atoms with van der Waals surface area (Å²) in [4.78, 5) is 12.5. The molecule has 0 unspecified atom stereocenters. The van der Waals surface area contributed by atoms with E-state index in [-0.39, 0.29) is 5.69 Å². The molecule has 25 heavy (non-hydrogen) atoms. The normalized spacial score (nSPS) is 12.3. The molecule has 0 aliphatic rings. The Morgan fingerprint density at radius 2 is 1.84 bits per heavy atom. The molecular weight excluding hydrogens is 347 g/mol. The Morgan fingerprint density at radius 1 is 1.20 bits per heavy atom. The van der Waals surface area contributed by atoms with Gasteiger partial charge >= 0.3 is 0 Å². The first kappa shape index (κ1) is 18.7. The average Bonchev–Trinajstić information content (AvgIpc) is 2.54. The number of amides is 1. The van der Waals surface area contributed by atoms with Crippen molar-refractivity contribution in [2.45, 2.75) is 13.0 Å². The number of halogens is 1. The summed E-state index contributed by atoms with van der Waals surface area (Å²) in [6, 6.07) is 10.6. The zero-order valence-corrected chi connectivity index (χ0v) is 14.9. The van der Waals surface area contributed by atoms with Crippen LogP contribution in [0.5, 0.6) is 5.75 Å². The molecule has 0 aromatic heterocycles. The molecule has 0 radical (unpaired) electrons. The molecule has 1 atom stereocenters. The van der Waals surface area contributed by atoms with E-state index in [0.29, 0.717) is 11.4 Å². The van der Waals surface area contributed by atoms with Crippen molar-refractivity contribution in [2.75, 3.05) is 23.0 Å². The van der Waals surface area contributed by atoms with Gasteiger partial charge in [-0.25, -0.2) is 12.8 Å². The number of rotatable bonds is 6. The molecule has 0 heterocycles. The third-order valence-electron chi connectivity index (χ3n) is 3.51. The van der Waals surface area contributed by atoms with Crippen molar-refractivity contribution in [3.05, 3.63) is 54.3 Å². The maximum Gasteiger partial charge on any atom is 0.247 e. The lowest BCUT2D eigenvalue weighted by Crippen LogP contribution is -2.45. The largest absolute Gasteiger partial charge is 0.497 e. The first-order chi connectivity index (χ1) is 11.7. The molecule has 1 N–H and O–H groups in total. The van der Waals surface area contributed by atoms with E-state index in [1.54, 1.807) is 24.3 Å². The first-order valence-corrected chi connectivity index (χ1v) is 9.27. The van der Waals surface area contributed by atoms with Gasteiger partial charge in [-0.05, 0) is 49.4 Å². The van der Waals surface area contributed by atoms with Crippen molar-refractivity contribution < 1.29 is 22.3 Å². The van der Waals surface area contributed by atoms with Crippen LogP contribution in [0.1, 0.15) is 6.92 Å². The highest BCUT2D eigenvalue weighted by atomic mass is 32.2. The van der Waals surface area contributed by atoms with Gasteiger partial charge in [-0.2, -0.15) is 0 Å². The third-order valence-corrected chi connectivity index (χ3v) is 4.75. The van der Waals surface area contributed by atoms with Crippen LogP contribution in [0.4, 0.5) is 15.8 Å². The second-order valence-electron chi connectivity index (χ2n) is 5.43. The Kier molecular flexibility index (Phi) is 5.63. The number of hydrogen-bond acceptors (Lipinski definition) is 4. The van der Waals surface area contributed by atoms with Crippen LogP contribution < -0.4 is 14.4 Å². The van der Waals surface area contributed by atoms with Crippen molar-refractivity contribution in [1.82, 2.24) is 0 Å². The Hall–Kier alpha value is -2.61. The van der Waals surface area contributed by atoms with Crippen molar-refractivity contribution in [1.29, 1.82) is 0 Å². The maximum atomic E-state index is 13.5. The highest BCUT2D eigenvalue weighted by molar-refractivity contribution is 7.92. The predicted molar refractivity (Wildman–Crippen MR) is 94.8 cm³/mol. The fourth-order valence-electron chi connectivity index (χ4n) is 2.34. The highest BCUT2D eigenvalue weighted by Gasteiger charge is 2.29. The number of methoxy groups -OCH3 is 1. The Labute approximate surface area is 146 Å². The molecule has 0 bridgehead atoms. The standard InChI is InChI=1S/C17H19FN2O4S/c1-12(17(21)19-14-7-9-16(24-2)10-8-14)20(25(3,22)23)15-6-4-5-13(18)11-15/h4-12H,1-3H3,(H,19,21)/t12-/m0/s1. The second kappa shape index (κ2) is 7.52. The first-order valence-electron chi connectivity index (χ1n) is 7.42. The number of benzene rings is 2. The summed E-state index contributed by atoms with van der Waals surface area (Å²) in [5.74, 6) is -0.502. The van der Waals surface area contributed by atoms with Gasteiger partial charge in [0.25, 0.3) is 0 Å². The predicted octanol–water partition coefficient (Wildman–Crippen LogP) is 2.63. The van der Waals surface area contributed by atoms with Crippen molar-refractivity contribution in [3.8, 4) is 5.75 Å². The number of nitrogens with one attached hydrogen (secondary N) is 1. The Morgan fingerprint density at radius 3 is 2.36 bits per heavy atom. The van der Waals surface area contributed by atoms with Crippen molar-refractivity contribution in [2.24, 2.45) is 0 Å². The molecule has 0 saturated heterocycles. The molecule has 0 fully saturated rings. The van der Waals surface area contributed by atoms with Crippen molar-refractivity contribution in [3.63, 3.8) is 0 Å². The van der Waals surface area contributed by atoms with Gasteiger partial charge in [0.05, 0.1) is 19.1 Å². The molecule has 1 amide bonds. The van der Waals surface area contributed by atoms with Gasteiger partial charge in [0.15, 0.2) is 0 Å². The van der Waals surface area contributed by atoms with Gasteiger partial charge in [-0.15, -0.1) is 0 Å². The quantitative estimate of drug-likeness (QED) is 0.853. The third kappa shape index (κ3) is 4.69. The number of ether oxygens (including phenoxy) is 1. The zero-order valence-electron chi connectivity index (χ0n) is 14.1. The van der Waals surface area contributed by atoms with E-state index in [2.05, 4.69) is 5.32 Å². The molecule has 0 aliphatic heterocycles. The topological polar surface area (TPSA) is 75.7 Å². The summed E-state index contributed by atoms with van der Waals surface area (Å²) in [6.07, 6.45) is 0.967. The zero-order chi connectivity index (χ0) is 18.6. The summed E-state index contributed by atoms with van der Waals surface area (Å²) in [5, 5.41) is 2.64. The van der Waals surface area contributed by atoms with Crippen LogP contribution >= 0.6 is 0 Å². The van der Waals surface area contributed by atoms with Crippen molar-refractivity contribution >= 4 is 27.3 Å². The Bertz CT molecular complexity index is 853. The lowest BCUT2D eigenvalue weighted by Gasteiger charge is -2.28. The molecule has 2 rings (SSSR count). The van der Waals surface area contributed by atoms with Gasteiger partial charge in [0, 0.05) is 5.69 Å². The molecule has 2 aromatic rings. The molecule has 6 nitrogen and oxygen atoms in total. The second-order valence-corrected chi connectivity index (χ2v) is 7.29. The number of anilines is 2. The van der Waals surface area contributed by atoms with E-state index < -0.39 is 27.8 Å². The van der Waals surface area contributed by atoms with Crippen LogP contribution in [0, 0.1) is 5.82 Å². The maximum absolute atomic E-state index is 13.5. The van der Waals surface area contributed by atoms with E-state index in [0.717, 1.165) is 16.6 Å². The molecule has 8 heteroatoms. The minimum atomic E-state index is -3.80. The fourth-order valence-corrected chi connectivity index (χ4v) is 3.51. The van der Waals surface area contributed by atoms with Gasteiger partial charge in [0.1, 0.15) is 17.6 Å². The van der Waals surface area contributed by atoms with Crippen LogP contribution in [0.15, 0.2) is 48.5 Å². The van der Waals surface area contributed by atoms with E-state index in [4.69, 9.17) is 4.74 Å². The number of carbonyl (C=O) groups is 1. The number of sulfonamides is 1. The van der Waals surface area contributed by atoms with Gasteiger partial charge in [-0.3, -0.25) is 9.10 Å². The summed E-state index contributed by atoms with van der Waals surface area (Å²) in [6.45, 7) is 1.44. The molecule has 0 aliphatic carbocycles. The minimum Gasteiger partial charge on any atom is -0.497 e. The van der Waals surface area contributed by atoms with Crippen LogP contribution in [-0.2, 0) is 14.8 Å². The van der Waals surface area contributed by atoms with Crippen LogP contribution in [-0.4, -0.2) is 33.7 Å². The molecular formula is C17H19FN2O4S. The SMILES string of the molecule is COc1ccc(NC(=O)[C@H](C)N(c2cccc(F)c2)S(C)(=O)=O)cc1. The monoisotopic (exact) mass is 366 g/mol. The number of hydrogen-bond donors (Lipinski definition) is 1. The van der Waals surface area contributed by atoms with Gasteiger partial charge < -0.3 is 10.1 Å². The molecule has 134 valence electrons. The van der Waals surface area contributed by atoms with Crippen LogP contribution in [0.2, 0.25) is 0 Å². The van der Waals surface area contributed by atoms with Gasteiger partial charge in [0.2, 0.25) is 15.9 Å². The number of nitrogens with zero attached hydrogens (tertiary/aromatic N) is 1. The lowest BCUT2D eigenvalue weighted by atomic mass is 10.2. The minimum absolute atomic E-state index is 0.0832. The molecule has 0 spiro atoms. The highest BCUT2D eigenvalue weighted by Crippen LogP contribution is 2.23. The average molecular weight is 366 g/mol. The van der Waals surface area contributed by atoms with E-state index in [1.807, 2.05) is 0 Å². The Balaban J connectivity index is 2.26. The van der Waals surface area contributed by atoms with Gasteiger partial charge in [-0.1, -0.05) is 6.07 Å². The van der Waals surface area contributed by atoms with E-state index in [1.165, 1.54) is 32.2 Å².